The van der Waals surface area contributed by atoms with E-state index in [1.165, 1.54) is 73.0 Å². The maximum absolute atomic E-state index is 11.9. The van der Waals surface area contributed by atoms with Crippen LogP contribution in [0.15, 0.2) is 178 Å². The molecule has 0 saturated carbocycles. The van der Waals surface area contributed by atoms with Crippen molar-refractivity contribution < 1.29 is 29.0 Å². The van der Waals surface area contributed by atoms with E-state index in [9.17, 15) is 19.2 Å². The van der Waals surface area contributed by atoms with Gasteiger partial charge in [-0.1, -0.05) is 159 Å². The molecule has 2 aliphatic carbocycles. The van der Waals surface area contributed by atoms with Crippen LogP contribution in [0.3, 0.4) is 0 Å². The van der Waals surface area contributed by atoms with Crippen LogP contribution < -0.4 is 0 Å². The average Bonchev–Trinajstić information content (AvgIpc) is 3.18. The Morgan fingerprint density at radius 1 is 0.607 bits per heavy atom. The van der Waals surface area contributed by atoms with Crippen molar-refractivity contribution in [3.8, 4) is 0 Å². The first-order chi connectivity index (χ1) is 28.7. The lowest BCUT2D eigenvalue weighted by atomic mass is 9.72. The molecule has 0 bridgehead atoms. The lowest BCUT2D eigenvalue weighted by Gasteiger charge is -2.33. The van der Waals surface area contributed by atoms with Crippen molar-refractivity contribution in [2.24, 2.45) is 10.8 Å². The predicted octanol–water partition coefficient (Wildman–Crippen LogP) is 14.6. The van der Waals surface area contributed by atoms with Gasteiger partial charge in [0.15, 0.2) is 0 Å². The van der Waals surface area contributed by atoms with Crippen LogP contribution in [-0.4, -0.2) is 28.3 Å². The van der Waals surface area contributed by atoms with Gasteiger partial charge in [-0.3, -0.25) is 4.79 Å². The van der Waals surface area contributed by atoms with Gasteiger partial charge in [0.05, 0.1) is 5.56 Å². The summed E-state index contributed by atoms with van der Waals surface area (Å²) >= 11 is 5.16. The minimum absolute atomic E-state index is 0.228. The zero-order valence-corrected chi connectivity index (χ0v) is 38.6. The van der Waals surface area contributed by atoms with Crippen LogP contribution in [0.5, 0.6) is 0 Å². The zero-order valence-electron chi connectivity index (χ0n) is 37.8. The summed E-state index contributed by atoms with van der Waals surface area (Å²) in [5, 5.41) is 8.25. The van der Waals surface area contributed by atoms with Crippen molar-refractivity contribution in [2.75, 3.05) is 0 Å². The number of carboxylic acids is 1. The average molecular weight is 846 g/mol. The minimum Gasteiger partial charge on any atom is -0.478 e. The van der Waals surface area contributed by atoms with E-state index in [4.69, 9.17) is 21.4 Å². The van der Waals surface area contributed by atoms with Crippen LogP contribution in [0.1, 0.15) is 128 Å². The number of esters is 2. The van der Waals surface area contributed by atoms with Crippen molar-refractivity contribution in [3.63, 3.8) is 0 Å². The first-order valence-electron chi connectivity index (χ1n) is 20.8. The van der Waals surface area contributed by atoms with Crippen LogP contribution in [0, 0.1) is 10.8 Å². The van der Waals surface area contributed by atoms with Gasteiger partial charge in [-0.25, -0.2) is 14.4 Å². The third-order valence-corrected chi connectivity index (χ3v) is 10.7. The minimum atomic E-state index is -0.912. The van der Waals surface area contributed by atoms with Gasteiger partial charge in [0.2, 0.25) is 0 Å². The Balaban J connectivity index is 0.000000359. The fourth-order valence-electron chi connectivity index (χ4n) is 7.06. The van der Waals surface area contributed by atoms with Crippen molar-refractivity contribution in [3.05, 3.63) is 189 Å². The molecule has 0 radical (unpaired) electrons. The quantitative estimate of drug-likeness (QED) is 0.0751. The molecule has 2 aliphatic rings. The molecule has 0 fully saturated rings. The van der Waals surface area contributed by atoms with E-state index in [1.54, 1.807) is 74.5 Å². The number of allylic oxidation sites excluding steroid dienone is 18. The van der Waals surface area contributed by atoms with Gasteiger partial charge in [-0.2, -0.15) is 0 Å². The zero-order chi connectivity index (χ0) is 45.6. The fraction of sp³-hybridized carbons (Fsp3) is 0.333. The third-order valence-electron chi connectivity index (χ3n) is 10.4. The summed E-state index contributed by atoms with van der Waals surface area (Å²) in [6.07, 6.45) is 30.1. The Morgan fingerprint density at radius 2 is 1.02 bits per heavy atom. The Bertz CT molecular complexity index is 2150. The highest BCUT2D eigenvalue weighted by atomic mass is 35.5. The summed E-state index contributed by atoms with van der Waals surface area (Å²) in [4.78, 5) is 44.8. The highest BCUT2D eigenvalue weighted by Crippen LogP contribution is 2.41. The van der Waals surface area contributed by atoms with E-state index < -0.39 is 23.2 Å². The van der Waals surface area contributed by atoms with Crippen LogP contribution >= 0.6 is 11.6 Å². The van der Waals surface area contributed by atoms with Crippen molar-refractivity contribution in [1.82, 2.24) is 0 Å². The van der Waals surface area contributed by atoms with Gasteiger partial charge in [-0.05, 0) is 137 Å². The molecule has 0 spiro atoms. The van der Waals surface area contributed by atoms with Gasteiger partial charge in [-0.15, -0.1) is 0 Å². The molecule has 0 heterocycles. The molecule has 61 heavy (non-hydrogen) atoms. The molecule has 6 nitrogen and oxygen atoms in total. The van der Waals surface area contributed by atoms with Crippen molar-refractivity contribution in [1.29, 1.82) is 0 Å². The summed E-state index contributed by atoms with van der Waals surface area (Å²) in [5.41, 5.74) is 11.0. The summed E-state index contributed by atoms with van der Waals surface area (Å²) in [6.45, 7) is 21.4. The molecular formula is C54H65ClO6. The Morgan fingerprint density at radius 3 is 1.39 bits per heavy atom. The van der Waals surface area contributed by atoms with E-state index in [0.717, 1.165) is 16.7 Å². The molecule has 7 heteroatoms. The molecule has 2 aromatic carbocycles. The number of aliphatic carboxylic acids is 1. The van der Waals surface area contributed by atoms with Crippen LogP contribution in [0.25, 0.3) is 0 Å². The molecule has 0 aliphatic heterocycles. The summed E-state index contributed by atoms with van der Waals surface area (Å²) < 4.78 is 4.85. The molecule has 0 saturated heterocycles. The van der Waals surface area contributed by atoms with E-state index in [0.29, 0.717) is 16.7 Å². The number of hydrogen-bond acceptors (Lipinski definition) is 5. The number of hydrogen-bond donors (Lipinski definition) is 1. The highest BCUT2D eigenvalue weighted by Gasteiger charge is 2.27. The van der Waals surface area contributed by atoms with E-state index in [2.05, 4.69) is 79.7 Å². The number of rotatable bonds is 12. The van der Waals surface area contributed by atoms with Gasteiger partial charge in [0.1, 0.15) is 0 Å². The number of halogens is 1. The molecule has 4 rings (SSSR count). The third kappa shape index (κ3) is 20.0. The molecule has 2 aromatic rings. The second-order valence-electron chi connectivity index (χ2n) is 16.9. The number of carboxylic acid groups (broad SMARTS) is 1. The maximum Gasteiger partial charge on any atom is 0.346 e. The van der Waals surface area contributed by atoms with Crippen LogP contribution in [0.4, 0.5) is 0 Å². The lowest BCUT2D eigenvalue weighted by Crippen LogP contribution is -2.19. The van der Waals surface area contributed by atoms with E-state index >= 15 is 0 Å². The molecule has 0 aromatic heterocycles. The Kier molecular flexibility index (Phi) is 21.9. The smallest absolute Gasteiger partial charge is 0.346 e. The molecule has 0 amide bonds. The Labute approximate surface area is 370 Å². The largest absolute Gasteiger partial charge is 0.478 e. The number of ether oxygens (including phenoxy) is 1. The number of carbonyl (C=O) groups is 4. The molecule has 324 valence electrons. The number of benzene rings is 2. The standard InChI is InChI=1S/C27H32O3.C20H28O2.C7H5ClO/c1-20(16-17-24-22(3)13-10-18-27(24,4)5)11-9-12-21(2)19-25(28)30-26(29)23-14-7-6-8-15-23;1-15(8-6-9-16(2)14-19(21)22)11-12-18-17(3)10-7-13-20(18,4)5;8-7(9)6-4-2-1-3-5-6/h6-9,11-12,14-17,19H,10,13,18H2,1-5H3;6,8-9,11-12,14H,7,10,13H2,1-5H3,(H,21,22);1-5H/b12-9+,17-16+,20-11+,21-19+;9-6+,12-11+,15-8+,16-14+;. The van der Waals surface area contributed by atoms with Gasteiger partial charge < -0.3 is 9.84 Å². The highest BCUT2D eigenvalue weighted by molar-refractivity contribution is 6.67. The summed E-state index contributed by atoms with van der Waals surface area (Å²) in [6, 6.07) is 17.2. The topological polar surface area (TPSA) is 97.7 Å². The first-order valence-corrected chi connectivity index (χ1v) is 21.2. The van der Waals surface area contributed by atoms with Crippen molar-refractivity contribution in [2.45, 2.75) is 108 Å². The first kappa shape index (κ1) is 51.6. The summed E-state index contributed by atoms with van der Waals surface area (Å²) in [7, 11) is 0. The second-order valence-corrected chi connectivity index (χ2v) is 17.2. The fourth-order valence-corrected chi connectivity index (χ4v) is 7.19. The molecule has 0 atom stereocenters. The van der Waals surface area contributed by atoms with Gasteiger partial charge in [0, 0.05) is 17.7 Å². The van der Waals surface area contributed by atoms with Crippen LogP contribution in [0.2, 0.25) is 0 Å². The van der Waals surface area contributed by atoms with E-state index in [-0.39, 0.29) is 10.8 Å². The summed E-state index contributed by atoms with van der Waals surface area (Å²) in [5.74, 6) is -2.23. The molecular weight excluding hydrogens is 780 g/mol. The SMILES string of the molecule is CC1=C(/C=C/C(C)=C/C=C/C(C)=C/C(=O)O)C(C)(C)CCC1.CC1=C(/C=C/C(C)=C/C=C/C(C)=C/C(=O)OC(=O)c2ccccc2)C(C)(C)CCC1.O=C(Cl)c1ccccc1. The van der Waals surface area contributed by atoms with Crippen LogP contribution in [-0.2, 0) is 14.3 Å². The molecule has 1 N–H and O–H groups in total. The predicted molar refractivity (Wildman–Crippen MR) is 253 cm³/mol. The normalized spacial score (nSPS) is 17.3. The van der Waals surface area contributed by atoms with E-state index in [1.807, 2.05) is 36.4 Å². The lowest BCUT2D eigenvalue weighted by molar-refractivity contribution is -0.133. The van der Waals surface area contributed by atoms with Gasteiger partial charge in [0.25, 0.3) is 5.24 Å². The van der Waals surface area contributed by atoms with Crippen molar-refractivity contribution >= 4 is 34.8 Å². The number of carbonyl (C=O) groups excluding carboxylic acids is 3. The monoisotopic (exact) mass is 844 g/mol. The maximum atomic E-state index is 11.9. The molecule has 0 unspecified atom stereocenters. The second kappa shape index (κ2) is 25.9. The Hall–Kier alpha value is -5.59. The van der Waals surface area contributed by atoms with Gasteiger partial charge >= 0.3 is 17.9 Å².